The van der Waals surface area contributed by atoms with Crippen molar-refractivity contribution in [1.29, 1.82) is 5.41 Å². The number of amidine groups is 1. The summed E-state index contributed by atoms with van der Waals surface area (Å²) in [6.07, 6.45) is 3.54. The molecule has 1 aliphatic rings. The van der Waals surface area contributed by atoms with Crippen LogP contribution in [0.5, 0.6) is 0 Å². The lowest BCUT2D eigenvalue weighted by Gasteiger charge is -2.28. The van der Waals surface area contributed by atoms with E-state index in [-0.39, 0.29) is 6.04 Å². The van der Waals surface area contributed by atoms with Crippen molar-refractivity contribution in [1.82, 2.24) is 4.90 Å². The standard InChI is InChI=1S/C9H19N3/c1-3-8(9(10)11)12(4-2)7-5-6-7/h7-8H,3-6H2,1-2H3,(H3,10,11). The van der Waals surface area contributed by atoms with Crippen molar-refractivity contribution in [2.75, 3.05) is 6.54 Å². The third-order valence-electron chi connectivity index (χ3n) is 2.53. The molecule has 3 heteroatoms. The minimum Gasteiger partial charge on any atom is -0.386 e. The zero-order chi connectivity index (χ0) is 9.14. The van der Waals surface area contributed by atoms with Gasteiger partial charge in [0.15, 0.2) is 0 Å². The van der Waals surface area contributed by atoms with Crippen LogP contribution in [0.15, 0.2) is 0 Å². The molecule has 3 nitrogen and oxygen atoms in total. The first-order chi connectivity index (χ1) is 5.70. The molecule has 0 amide bonds. The smallest absolute Gasteiger partial charge is 0.108 e. The number of nitrogens with zero attached hydrogens (tertiary/aromatic N) is 1. The molecule has 1 fully saturated rings. The Kier molecular flexibility index (Phi) is 3.09. The Morgan fingerprint density at radius 1 is 1.58 bits per heavy atom. The molecule has 0 bridgehead atoms. The van der Waals surface area contributed by atoms with Gasteiger partial charge in [0, 0.05) is 6.04 Å². The van der Waals surface area contributed by atoms with E-state index in [2.05, 4.69) is 18.7 Å². The highest BCUT2D eigenvalue weighted by Crippen LogP contribution is 2.28. The van der Waals surface area contributed by atoms with Crippen molar-refractivity contribution >= 4 is 5.84 Å². The van der Waals surface area contributed by atoms with Crippen LogP contribution in [-0.4, -0.2) is 29.4 Å². The average Bonchev–Trinajstić information content (AvgIpc) is 2.81. The molecular formula is C9H19N3. The van der Waals surface area contributed by atoms with Crippen LogP contribution in [0.4, 0.5) is 0 Å². The molecule has 70 valence electrons. The molecule has 0 saturated heterocycles. The van der Waals surface area contributed by atoms with Gasteiger partial charge in [-0.2, -0.15) is 0 Å². The Balaban J connectivity index is 2.53. The van der Waals surface area contributed by atoms with Crippen LogP contribution in [0.2, 0.25) is 0 Å². The molecule has 1 rings (SSSR count). The third-order valence-corrected chi connectivity index (χ3v) is 2.53. The van der Waals surface area contributed by atoms with Crippen LogP contribution in [0.25, 0.3) is 0 Å². The van der Waals surface area contributed by atoms with E-state index in [4.69, 9.17) is 11.1 Å². The summed E-state index contributed by atoms with van der Waals surface area (Å²) >= 11 is 0. The van der Waals surface area contributed by atoms with E-state index in [1.807, 2.05) is 0 Å². The van der Waals surface area contributed by atoms with E-state index < -0.39 is 0 Å². The molecule has 3 N–H and O–H groups in total. The Labute approximate surface area is 74.4 Å². The summed E-state index contributed by atoms with van der Waals surface area (Å²) in [4.78, 5) is 2.35. The van der Waals surface area contributed by atoms with Gasteiger partial charge in [-0.3, -0.25) is 10.3 Å². The Morgan fingerprint density at radius 3 is 2.42 bits per heavy atom. The van der Waals surface area contributed by atoms with Crippen LogP contribution in [-0.2, 0) is 0 Å². The molecule has 0 heterocycles. The van der Waals surface area contributed by atoms with E-state index in [1.165, 1.54) is 12.8 Å². The number of likely N-dealkylation sites (N-methyl/N-ethyl adjacent to an activating group) is 1. The normalized spacial score (nSPS) is 19.6. The minimum absolute atomic E-state index is 0.183. The summed E-state index contributed by atoms with van der Waals surface area (Å²) in [5.41, 5.74) is 5.53. The van der Waals surface area contributed by atoms with Crippen LogP contribution >= 0.6 is 0 Å². The van der Waals surface area contributed by atoms with Crippen molar-refractivity contribution < 1.29 is 0 Å². The first-order valence-electron chi connectivity index (χ1n) is 4.80. The van der Waals surface area contributed by atoms with E-state index in [9.17, 15) is 0 Å². The van der Waals surface area contributed by atoms with Gasteiger partial charge in [0.2, 0.25) is 0 Å². The second-order valence-corrected chi connectivity index (χ2v) is 3.44. The van der Waals surface area contributed by atoms with E-state index in [0.717, 1.165) is 13.0 Å². The first-order valence-corrected chi connectivity index (χ1v) is 4.80. The van der Waals surface area contributed by atoms with Gasteiger partial charge in [-0.1, -0.05) is 13.8 Å². The molecule has 1 saturated carbocycles. The summed E-state index contributed by atoms with van der Waals surface area (Å²) in [5.74, 6) is 0.325. The lowest BCUT2D eigenvalue weighted by atomic mass is 10.1. The second-order valence-electron chi connectivity index (χ2n) is 3.44. The quantitative estimate of drug-likeness (QED) is 0.479. The molecule has 0 aromatic rings. The fourth-order valence-corrected chi connectivity index (χ4v) is 1.77. The number of nitrogens with two attached hydrogens (primary N) is 1. The third kappa shape index (κ3) is 1.97. The first kappa shape index (κ1) is 9.52. The van der Waals surface area contributed by atoms with Gasteiger partial charge < -0.3 is 5.73 Å². The van der Waals surface area contributed by atoms with Gasteiger partial charge in [0.25, 0.3) is 0 Å². The van der Waals surface area contributed by atoms with Crippen molar-refractivity contribution in [2.24, 2.45) is 5.73 Å². The molecule has 0 aromatic carbocycles. The molecule has 0 aromatic heterocycles. The molecule has 0 aliphatic heterocycles. The molecule has 1 unspecified atom stereocenters. The van der Waals surface area contributed by atoms with Crippen LogP contribution in [0, 0.1) is 5.41 Å². The lowest BCUT2D eigenvalue weighted by molar-refractivity contribution is 0.237. The second kappa shape index (κ2) is 3.90. The van der Waals surface area contributed by atoms with Gasteiger partial charge >= 0.3 is 0 Å². The predicted molar refractivity (Wildman–Crippen MR) is 51.4 cm³/mol. The largest absolute Gasteiger partial charge is 0.386 e. The molecule has 1 atom stereocenters. The van der Waals surface area contributed by atoms with Gasteiger partial charge in [0.1, 0.15) is 5.84 Å². The predicted octanol–water partition coefficient (Wildman–Crippen LogP) is 1.19. The zero-order valence-corrected chi connectivity index (χ0v) is 8.01. The molecule has 12 heavy (non-hydrogen) atoms. The van der Waals surface area contributed by atoms with Crippen LogP contribution in [0.1, 0.15) is 33.1 Å². The topological polar surface area (TPSA) is 53.1 Å². The highest BCUT2D eigenvalue weighted by atomic mass is 15.2. The Morgan fingerprint density at radius 2 is 2.17 bits per heavy atom. The summed E-state index contributed by atoms with van der Waals surface area (Å²) in [7, 11) is 0. The lowest BCUT2D eigenvalue weighted by Crippen LogP contribution is -2.45. The van der Waals surface area contributed by atoms with Crippen molar-refractivity contribution in [3.8, 4) is 0 Å². The highest BCUT2D eigenvalue weighted by Gasteiger charge is 2.33. The zero-order valence-electron chi connectivity index (χ0n) is 8.01. The number of rotatable bonds is 5. The fraction of sp³-hybridized carbons (Fsp3) is 0.889. The van der Waals surface area contributed by atoms with Gasteiger partial charge in [-0.25, -0.2) is 0 Å². The molecule has 1 aliphatic carbocycles. The monoisotopic (exact) mass is 169 g/mol. The van der Waals surface area contributed by atoms with Crippen molar-refractivity contribution in [3.05, 3.63) is 0 Å². The van der Waals surface area contributed by atoms with E-state index >= 15 is 0 Å². The maximum atomic E-state index is 7.44. The number of hydrogen-bond donors (Lipinski definition) is 2. The number of nitrogens with one attached hydrogen (secondary N) is 1. The number of hydrogen-bond acceptors (Lipinski definition) is 2. The minimum atomic E-state index is 0.183. The average molecular weight is 169 g/mol. The SMILES string of the molecule is CCC(C(=N)N)N(CC)C1CC1. The van der Waals surface area contributed by atoms with Crippen molar-refractivity contribution in [3.63, 3.8) is 0 Å². The van der Waals surface area contributed by atoms with Gasteiger partial charge in [-0.15, -0.1) is 0 Å². The molecule has 0 radical (unpaired) electrons. The Hall–Kier alpha value is -0.570. The summed E-state index contributed by atoms with van der Waals surface area (Å²) in [5, 5.41) is 7.44. The van der Waals surface area contributed by atoms with Crippen molar-refractivity contribution in [2.45, 2.75) is 45.2 Å². The van der Waals surface area contributed by atoms with Crippen LogP contribution in [0.3, 0.4) is 0 Å². The van der Waals surface area contributed by atoms with Crippen LogP contribution < -0.4 is 5.73 Å². The molecule has 0 spiro atoms. The maximum absolute atomic E-state index is 7.44. The highest BCUT2D eigenvalue weighted by molar-refractivity contribution is 5.82. The van der Waals surface area contributed by atoms with E-state index in [0.29, 0.717) is 11.9 Å². The molecular weight excluding hydrogens is 150 g/mol. The maximum Gasteiger partial charge on any atom is 0.108 e. The summed E-state index contributed by atoms with van der Waals surface area (Å²) in [6, 6.07) is 0.895. The summed E-state index contributed by atoms with van der Waals surface area (Å²) < 4.78 is 0. The van der Waals surface area contributed by atoms with Gasteiger partial charge in [-0.05, 0) is 25.8 Å². The summed E-state index contributed by atoms with van der Waals surface area (Å²) in [6.45, 7) is 5.25. The van der Waals surface area contributed by atoms with E-state index in [1.54, 1.807) is 0 Å². The van der Waals surface area contributed by atoms with Gasteiger partial charge in [0.05, 0.1) is 6.04 Å². The fourth-order valence-electron chi connectivity index (χ4n) is 1.77. The Bertz CT molecular complexity index is 163.